The molecular formula is C24H27ClN4O4. The van der Waals surface area contributed by atoms with Crippen molar-refractivity contribution >= 4 is 29.1 Å². The van der Waals surface area contributed by atoms with Gasteiger partial charge in [-0.2, -0.15) is 0 Å². The van der Waals surface area contributed by atoms with Crippen LogP contribution in [0.1, 0.15) is 53.2 Å². The number of aromatic nitrogens is 2. The summed E-state index contributed by atoms with van der Waals surface area (Å²) in [7, 11) is 1.54. The lowest BCUT2D eigenvalue weighted by Gasteiger charge is -2.22. The Balaban J connectivity index is 1.97. The number of carbonyl (C=O) groups is 2. The molecule has 2 heterocycles. The fraction of sp³-hybridized carbons (Fsp3) is 0.333. The smallest absolute Gasteiger partial charge is 0.274 e. The van der Waals surface area contributed by atoms with Crippen LogP contribution in [0.4, 0.5) is 5.69 Å². The summed E-state index contributed by atoms with van der Waals surface area (Å²) in [5.41, 5.74) is 0.852. The summed E-state index contributed by atoms with van der Waals surface area (Å²) in [6.07, 6.45) is 3.12. The number of rotatable bonds is 8. The molecule has 0 fully saturated rings. The van der Waals surface area contributed by atoms with Crippen molar-refractivity contribution in [2.75, 3.05) is 18.4 Å². The van der Waals surface area contributed by atoms with Crippen LogP contribution in [0.25, 0.3) is 11.3 Å². The Labute approximate surface area is 197 Å². The maximum absolute atomic E-state index is 13.2. The molecule has 9 heteroatoms. The second-order valence-electron chi connectivity index (χ2n) is 7.75. The van der Waals surface area contributed by atoms with Gasteiger partial charge in [0.1, 0.15) is 22.7 Å². The molecule has 0 aliphatic rings. The molecule has 33 heavy (non-hydrogen) atoms. The van der Waals surface area contributed by atoms with Crippen molar-refractivity contribution in [1.82, 2.24) is 14.6 Å². The Bertz CT molecular complexity index is 1230. The quantitative estimate of drug-likeness (QED) is 0.522. The zero-order chi connectivity index (χ0) is 24.1. The number of halogens is 1. The van der Waals surface area contributed by atoms with Crippen molar-refractivity contribution < 1.29 is 14.1 Å². The number of pyridine rings is 1. The van der Waals surface area contributed by atoms with Gasteiger partial charge in [-0.1, -0.05) is 48.8 Å². The van der Waals surface area contributed by atoms with Crippen molar-refractivity contribution in [2.45, 2.75) is 33.6 Å². The van der Waals surface area contributed by atoms with Gasteiger partial charge >= 0.3 is 0 Å². The van der Waals surface area contributed by atoms with E-state index in [9.17, 15) is 14.4 Å². The van der Waals surface area contributed by atoms with Crippen LogP contribution >= 0.6 is 11.6 Å². The molecule has 0 aliphatic heterocycles. The number of hydrogen-bond donors (Lipinski definition) is 1. The highest BCUT2D eigenvalue weighted by Gasteiger charge is 2.25. The van der Waals surface area contributed by atoms with Gasteiger partial charge in [0.15, 0.2) is 0 Å². The van der Waals surface area contributed by atoms with E-state index >= 15 is 0 Å². The maximum Gasteiger partial charge on any atom is 0.274 e. The number of anilines is 1. The van der Waals surface area contributed by atoms with E-state index in [1.807, 2.05) is 13.8 Å². The molecule has 0 saturated carbocycles. The second kappa shape index (κ2) is 10.5. The number of amides is 2. The molecule has 0 radical (unpaired) electrons. The van der Waals surface area contributed by atoms with E-state index < -0.39 is 11.5 Å². The van der Waals surface area contributed by atoms with E-state index in [4.69, 9.17) is 16.1 Å². The molecule has 3 aromatic rings. The minimum Gasteiger partial charge on any atom is -0.360 e. The van der Waals surface area contributed by atoms with Gasteiger partial charge < -0.3 is 19.3 Å². The van der Waals surface area contributed by atoms with Gasteiger partial charge in [0, 0.05) is 31.9 Å². The van der Waals surface area contributed by atoms with Crippen LogP contribution in [0.3, 0.4) is 0 Å². The molecule has 0 bridgehead atoms. The number of carbonyl (C=O) groups excluding carboxylic acids is 2. The second-order valence-corrected chi connectivity index (χ2v) is 8.15. The number of nitrogens with zero attached hydrogens (tertiary/aromatic N) is 3. The molecule has 0 aliphatic carbocycles. The summed E-state index contributed by atoms with van der Waals surface area (Å²) in [4.78, 5) is 40.7. The molecule has 1 aromatic carbocycles. The third-order valence-corrected chi connectivity index (χ3v) is 5.50. The number of aryl methyl sites for hydroxylation is 2. The summed E-state index contributed by atoms with van der Waals surface area (Å²) in [6.45, 7) is 6.82. The summed E-state index contributed by atoms with van der Waals surface area (Å²) in [5, 5.41) is 7.04. The third-order valence-electron chi connectivity index (χ3n) is 5.17. The van der Waals surface area contributed by atoms with E-state index in [0.29, 0.717) is 29.2 Å². The lowest BCUT2D eigenvalue weighted by atomic mass is 10.1. The lowest BCUT2D eigenvalue weighted by Crippen LogP contribution is -2.34. The van der Waals surface area contributed by atoms with Gasteiger partial charge in [0.25, 0.3) is 17.4 Å². The predicted octanol–water partition coefficient (Wildman–Crippen LogP) is 4.52. The van der Waals surface area contributed by atoms with E-state index in [-0.39, 0.29) is 28.6 Å². The van der Waals surface area contributed by atoms with Crippen LogP contribution in [0.15, 0.2) is 45.8 Å². The van der Waals surface area contributed by atoms with Gasteiger partial charge in [-0.05, 0) is 31.9 Å². The normalized spacial score (nSPS) is 10.8. The highest BCUT2D eigenvalue weighted by molar-refractivity contribution is 6.33. The molecule has 1 N–H and O–H groups in total. The molecule has 3 rings (SSSR count). The number of hydrogen-bond acceptors (Lipinski definition) is 5. The summed E-state index contributed by atoms with van der Waals surface area (Å²) in [5.74, 6) is -0.490. The van der Waals surface area contributed by atoms with Crippen molar-refractivity contribution in [3.05, 3.63) is 68.8 Å². The van der Waals surface area contributed by atoms with Crippen LogP contribution in [0.2, 0.25) is 5.02 Å². The first kappa shape index (κ1) is 24.3. The summed E-state index contributed by atoms with van der Waals surface area (Å²) < 4.78 is 6.54. The largest absolute Gasteiger partial charge is 0.360 e. The predicted molar refractivity (Wildman–Crippen MR) is 128 cm³/mol. The van der Waals surface area contributed by atoms with Crippen molar-refractivity contribution in [2.24, 2.45) is 7.05 Å². The average molecular weight is 471 g/mol. The van der Waals surface area contributed by atoms with Crippen LogP contribution in [-0.2, 0) is 7.05 Å². The minimum absolute atomic E-state index is 0.00740. The SMILES string of the molecule is CCCN(CCC)C(=O)c1cc(NC(=O)c2c(-c3ccccc3Cl)noc2C)c(=O)n(C)c1. The number of benzene rings is 1. The number of nitrogens with one attached hydrogen (secondary N) is 1. The Morgan fingerprint density at radius 2 is 1.85 bits per heavy atom. The van der Waals surface area contributed by atoms with Gasteiger partial charge in [-0.3, -0.25) is 14.4 Å². The first-order chi connectivity index (χ1) is 15.8. The highest BCUT2D eigenvalue weighted by Crippen LogP contribution is 2.31. The van der Waals surface area contributed by atoms with E-state index in [0.717, 1.165) is 12.8 Å². The Hall–Kier alpha value is -3.39. The molecule has 2 aromatic heterocycles. The Morgan fingerprint density at radius 3 is 2.48 bits per heavy atom. The molecule has 0 saturated heterocycles. The zero-order valence-electron chi connectivity index (χ0n) is 19.1. The maximum atomic E-state index is 13.2. The molecule has 174 valence electrons. The molecule has 8 nitrogen and oxygen atoms in total. The van der Waals surface area contributed by atoms with Gasteiger partial charge in [0.05, 0.1) is 10.6 Å². The fourth-order valence-corrected chi connectivity index (χ4v) is 3.84. The standard InChI is InChI=1S/C24H27ClN4O4/c1-5-11-29(12-6-2)23(31)16-13-19(24(32)28(4)14-16)26-22(30)20-15(3)33-27-21(20)17-9-7-8-10-18(17)25/h7-10,13-14H,5-6,11-12H2,1-4H3,(H,26,30). The topological polar surface area (TPSA) is 97.4 Å². The molecule has 0 atom stereocenters. The van der Waals surface area contributed by atoms with Crippen LogP contribution < -0.4 is 10.9 Å². The molecule has 0 unspecified atom stereocenters. The van der Waals surface area contributed by atoms with Crippen LogP contribution in [-0.4, -0.2) is 39.5 Å². The van der Waals surface area contributed by atoms with E-state index in [1.165, 1.54) is 16.8 Å². The Morgan fingerprint density at radius 1 is 1.18 bits per heavy atom. The van der Waals surface area contributed by atoms with Gasteiger partial charge in [0.2, 0.25) is 0 Å². The average Bonchev–Trinajstić information content (AvgIpc) is 3.17. The van der Waals surface area contributed by atoms with Crippen molar-refractivity contribution in [3.8, 4) is 11.3 Å². The van der Waals surface area contributed by atoms with Crippen molar-refractivity contribution in [1.29, 1.82) is 0 Å². The third kappa shape index (κ3) is 5.17. The molecular weight excluding hydrogens is 444 g/mol. The first-order valence-electron chi connectivity index (χ1n) is 10.8. The fourth-order valence-electron chi connectivity index (χ4n) is 3.62. The van der Waals surface area contributed by atoms with Crippen LogP contribution in [0.5, 0.6) is 0 Å². The molecule has 2 amide bonds. The minimum atomic E-state index is -0.579. The van der Waals surface area contributed by atoms with E-state index in [1.54, 1.807) is 43.1 Å². The van der Waals surface area contributed by atoms with Gasteiger partial charge in [-0.25, -0.2) is 0 Å². The lowest BCUT2D eigenvalue weighted by molar-refractivity contribution is 0.0754. The monoisotopic (exact) mass is 470 g/mol. The van der Waals surface area contributed by atoms with Crippen LogP contribution in [0, 0.1) is 6.92 Å². The highest BCUT2D eigenvalue weighted by atomic mass is 35.5. The Kier molecular flexibility index (Phi) is 7.71. The zero-order valence-corrected chi connectivity index (χ0v) is 19.9. The van der Waals surface area contributed by atoms with Crippen molar-refractivity contribution in [3.63, 3.8) is 0 Å². The molecule has 0 spiro atoms. The van der Waals surface area contributed by atoms with E-state index in [2.05, 4.69) is 10.5 Å². The van der Waals surface area contributed by atoms with Gasteiger partial charge in [-0.15, -0.1) is 0 Å². The first-order valence-corrected chi connectivity index (χ1v) is 11.2. The summed E-state index contributed by atoms with van der Waals surface area (Å²) >= 11 is 6.28. The summed E-state index contributed by atoms with van der Waals surface area (Å²) in [6, 6.07) is 8.37.